The Labute approximate surface area is 182 Å². The van der Waals surface area contributed by atoms with Crippen molar-refractivity contribution in [3.05, 3.63) is 24.3 Å². The molecule has 1 saturated heterocycles. The molecule has 7 heteroatoms. The minimum absolute atomic E-state index is 0.191. The van der Waals surface area contributed by atoms with Crippen LogP contribution in [0.15, 0.2) is 24.3 Å². The lowest BCUT2D eigenvalue weighted by Gasteiger charge is -2.28. The molecule has 1 atom stereocenters. The molecule has 6 nitrogen and oxygen atoms in total. The van der Waals surface area contributed by atoms with E-state index in [0.29, 0.717) is 25.4 Å². The highest BCUT2D eigenvalue weighted by atomic mass is 32.2. The molecule has 0 saturated carbocycles. The molecular formula is C23H39NO5S. The number of ether oxygens (including phenoxy) is 2. The predicted octanol–water partition coefficient (Wildman–Crippen LogP) is 3.67. The van der Waals surface area contributed by atoms with Gasteiger partial charge >= 0.3 is 0 Å². The third-order valence-electron chi connectivity index (χ3n) is 5.37. The second-order valence-corrected chi connectivity index (χ2v) is 10.9. The first-order chi connectivity index (χ1) is 14.4. The van der Waals surface area contributed by atoms with Gasteiger partial charge in [-0.2, -0.15) is 0 Å². The van der Waals surface area contributed by atoms with Crippen molar-refractivity contribution in [3.8, 4) is 5.75 Å². The van der Waals surface area contributed by atoms with Gasteiger partial charge in [-0.1, -0.05) is 46.0 Å². The van der Waals surface area contributed by atoms with Gasteiger partial charge in [-0.05, 0) is 36.6 Å². The molecule has 1 heterocycles. The highest BCUT2D eigenvalue weighted by Gasteiger charge is 2.21. The van der Waals surface area contributed by atoms with Gasteiger partial charge in [0.15, 0.2) is 9.84 Å². The third kappa shape index (κ3) is 10.1. The standard InChI is InChI=1S/C23H39NO5S/c1-20(2)8-6-4-3-5-7-15-28-18-22(25)19-29-23-11-9-21(10-12-23)24-13-16-30(26,27)17-14-24/h9-12,20,22,25H,3-8,13-19H2,1-2H3. The third-order valence-corrected chi connectivity index (χ3v) is 6.98. The highest BCUT2D eigenvalue weighted by molar-refractivity contribution is 7.91. The van der Waals surface area contributed by atoms with Crippen molar-refractivity contribution in [2.24, 2.45) is 5.92 Å². The summed E-state index contributed by atoms with van der Waals surface area (Å²) in [5.41, 5.74) is 0.991. The summed E-state index contributed by atoms with van der Waals surface area (Å²) < 4.78 is 34.3. The number of rotatable bonds is 14. The number of sulfone groups is 1. The van der Waals surface area contributed by atoms with Crippen LogP contribution in [0.4, 0.5) is 5.69 Å². The van der Waals surface area contributed by atoms with Crippen LogP contribution >= 0.6 is 0 Å². The summed E-state index contributed by atoms with van der Waals surface area (Å²) in [6, 6.07) is 7.56. The molecule has 1 N–H and O–H groups in total. The summed E-state index contributed by atoms with van der Waals surface area (Å²) in [6.45, 7) is 6.74. The Hall–Kier alpha value is -1.31. The molecular weight excluding hydrogens is 402 g/mol. The molecule has 1 unspecified atom stereocenters. The van der Waals surface area contributed by atoms with E-state index in [1.807, 2.05) is 24.3 Å². The topological polar surface area (TPSA) is 76.1 Å². The Kier molecular flexibility index (Phi) is 11.0. The van der Waals surface area contributed by atoms with Gasteiger partial charge in [0.05, 0.1) is 18.1 Å². The zero-order chi connectivity index (χ0) is 21.8. The fourth-order valence-corrected chi connectivity index (χ4v) is 4.67. The molecule has 1 aromatic rings. The molecule has 0 radical (unpaired) electrons. The first-order valence-corrected chi connectivity index (χ1v) is 13.1. The Morgan fingerprint density at radius 2 is 1.60 bits per heavy atom. The van der Waals surface area contributed by atoms with Gasteiger partial charge in [0.25, 0.3) is 0 Å². The van der Waals surface area contributed by atoms with Crippen molar-refractivity contribution in [3.63, 3.8) is 0 Å². The molecule has 2 rings (SSSR count). The first-order valence-electron chi connectivity index (χ1n) is 11.3. The number of aliphatic hydroxyl groups excluding tert-OH is 1. The van der Waals surface area contributed by atoms with E-state index in [9.17, 15) is 13.5 Å². The molecule has 1 fully saturated rings. The van der Waals surface area contributed by atoms with Crippen LogP contribution in [0.5, 0.6) is 5.75 Å². The summed E-state index contributed by atoms with van der Waals surface area (Å²) in [4.78, 5) is 2.07. The van der Waals surface area contributed by atoms with Gasteiger partial charge < -0.3 is 19.5 Å². The number of anilines is 1. The molecule has 0 spiro atoms. The van der Waals surface area contributed by atoms with Gasteiger partial charge in [0, 0.05) is 25.4 Å². The van der Waals surface area contributed by atoms with Crippen LogP contribution in [0.2, 0.25) is 0 Å². The smallest absolute Gasteiger partial charge is 0.153 e. The van der Waals surface area contributed by atoms with E-state index in [0.717, 1.165) is 18.0 Å². The highest BCUT2D eigenvalue weighted by Crippen LogP contribution is 2.21. The van der Waals surface area contributed by atoms with E-state index in [1.54, 1.807) is 0 Å². The van der Waals surface area contributed by atoms with Gasteiger partial charge in [0.1, 0.15) is 18.5 Å². The van der Waals surface area contributed by atoms with E-state index < -0.39 is 15.9 Å². The van der Waals surface area contributed by atoms with Crippen molar-refractivity contribution >= 4 is 15.5 Å². The van der Waals surface area contributed by atoms with Crippen LogP contribution in [0.25, 0.3) is 0 Å². The maximum atomic E-state index is 11.5. The van der Waals surface area contributed by atoms with Crippen LogP contribution in [-0.4, -0.2) is 64.0 Å². The molecule has 172 valence electrons. The molecule has 1 aromatic carbocycles. The van der Waals surface area contributed by atoms with Crippen LogP contribution in [0.3, 0.4) is 0 Å². The van der Waals surface area contributed by atoms with Crippen molar-refractivity contribution in [1.29, 1.82) is 0 Å². The summed E-state index contributed by atoms with van der Waals surface area (Å²) in [5.74, 6) is 1.89. The molecule has 0 aliphatic carbocycles. The van der Waals surface area contributed by atoms with E-state index in [4.69, 9.17) is 9.47 Å². The molecule has 0 amide bonds. The zero-order valence-corrected chi connectivity index (χ0v) is 19.4. The van der Waals surface area contributed by atoms with Gasteiger partial charge in [-0.25, -0.2) is 8.42 Å². The normalized spacial score (nSPS) is 17.3. The molecule has 30 heavy (non-hydrogen) atoms. The second-order valence-electron chi connectivity index (χ2n) is 8.62. The minimum Gasteiger partial charge on any atom is -0.491 e. The van der Waals surface area contributed by atoms with Crippen molar-refractivity contribution in [1.82, 2.24) is 0 Å². The Morgan fingerprint density at radius 3 is 2.27 bits per heavy atom. The SMILES string of the molecule is CC(C)CCCCCCCOCC(O)COc1ccc(N2CCS(=O)(=O)CC2)cc1. The number of hydrogen-bond donors (Lipinski definition) is 1. The molecule has 1 aliphatic rings. The summed E-state index contributed by atoms with van der Waals surface area (Å²) in [7, 11) is -2.88. The quantitative estimate of drug-likeness (QED) is 0.444. The largest absolute Gasteiger partial charge is 0.491 e. The Bertz CT molecular complexity index is 676. The summed E-state index contributed by atoms with van der Waals surface area (Å²) in [6.07, 6.45) is 6.75. The lowest BCUT2D eigenvalue weighted by molar-refractivity contribution is 0.0110. The van der Waals surface area contributed by atoms with Crippen LogP contribution in [0, 0.1) is 5.92 Å². The number of aliphatic hydroxyl groups is 1. The fourth-order valence-electron chi connectivity index (χ4n) is 3.47. The van der Waals surface area contributed by atoms with E-state index >= 15 is 0 Å². The fraction of sp³-hybridized carbons (Fsp3) is 0.739. The maximum Gasteiger partial charge on any atom is 0.153 e. The monoisotopic (exact) mass is 441 g/mol. The molecule has 0 aromatic heterocycles. The van der Waals surface area contributed by atoms with Gasteiger partial charge in [-0.15, -0.1) is 0 Å². The molecule has 0 bridgehead atoms. The number of unbranched alkanes of at least 4 members (excludes halogenated alkanes) is 4. The maximum absolute atomic E-state index is 11.5. The van der Waals surface area contributed by atoms with Gasteiger partial charge in [0.2, 0.25) is 0 Å². The number of nitrogens with zero attached hydrogens (tertiary/aromatic N) is 1. The second kappa shape index (κ2) is 13.2. The predicted molar refractivity (Wildman–Crippen MR) is 122 cm³/mol. The zero-order valence-electron chi connectivity index (χ0n) is 18.6. The van der Waals surface area contributed by atoms with Crippen LogP contribution < -0.4 is 9.64 Å². The van der Waals surface area contributed by atoms with Crippen molar-refractivity contribution in [2.45, 2.75) is 58.5 Å². The minimum atomic E-state index is -2.88. The molecule has 1 aliphatic heterocycles. The average Bonchev–Trinajstić information content (AvgIpc) is 2.71. The summed E-state index contributed by atoms with van der Waals surface area (Å²) >= 11 is 0. The average molecular weight is 442 g/mol. The number of hydrogen-bond acceptors (Lipinski definition) is 6. The van der Waals surface area contributed by atoms with E-state index in [1.165, 1.54) is 32.1 Å². The van der Waals surface area contributed by atoms with Crippen molar-refractivity contribution in [2.75, 3.05) is 49.3 Å². The summed E-state index contributed by atoms with van der Waals surface area (Å²) in [5, 5.41) is 10.0. The lowest BCUT2D eigenvalue weighted by Crippen LogP contribution is -2.40. The lowest BCUT2D eigenvalue weighted by atomic mass is 10.0. The van der Waals surface area contributed by atoms with Gasteiger partial charge in [-0.3, -0.25) is 0 Å². The Morgan fingerprint density at radius 1 is 0.967 bits per heavy atom. The van der Waals surface area contributed by atoms with Crippen LogP contribution in [-0.2, 0) is 14.6 Å². The first kappa shape index (κ1) is 25.0. The van der Waals surface area contributed by atoms with Crippen molar-refractivity contribution < 1.29 is 23.0 Å². The van der Waals surface area contributed by atoms with E-state index in [2.05, 4.69) is 18.7 Å². The number of benzene rings is 1. The van der Waals surface area contributed by atoms with Crippen LogP contribution in [0.1, 0.15) is 52.4 Å². The van der Waals surface area contributed by atoms with E-state index in [-0.39, 0.29) is 24.7 Å². The Balaban J connectivity index is 1.53.